The highest BCUT2D eigenvalue weighted by atomic mass is 32.2. The van der Waals surface area contributed by atoms with Crippen molar-refractivity contribution in [2.45, 2.75) is 4.90 Å². The number of sulfone groups is 1. The van der Waals surface area contributed by atoms with Crippen molar-refractivity contribution in [1.29, 1.82) is 0 Å². The molecule has 0 atom stereocenters. The molecule has 0 saturated carbocycles. The molecule has 150 valence electrons. The van der Waals surface area contributed by atoms with E-state index in [-0.39, 0.29) is 4.90 Å². The summed E-state index contributed by atoms with van der Waals surface area (Å²) in [5, 5.41) is 7.36. The average Bonchev–Trinajstić information content (AvgIpc) is 3.20. The lowest BCUT2D eigenvalue weighted by atomic mass is 10.1. The van der Waals surface area contributed by atoms with Crippen molar-refractivity contribution >= 4 is 21.4 Å². The Balaban J connectivity index is 1.74. The Hall–Kier alpha value is -3.78. The molecule has 0 aliphatic rings. The molecule has 0 spiro atoms. The first-order valence-corrected chi connectivity index (χ1v) is 11.0. The highest BCUT2D eigenvalue weighted by Gasteiger charge is 2.19. The molecule has 4 rings (SSSR count). The molecule has 0 saturated heterocycles. The summed E-state index contributed by atoms with van der Waals surface area (Å²) in [7, 11) is -3.38. The van der Waals surface area contributed by atoms with Gasteiger partial charge in [0.2, 0.25) is 0 Å². The van der Waals surface area contributed by atoms with Crippen molar-refractivity contribution in [3.63, 3.8) is 0 Å². The predicted octanol–water partition coefficient (Wildman–Crippen LogP) is 3.59. The van der Waals surface area contributed by atoms with E-state index < -0.39 is 15.7 Å². The topological polar surface area (TPSA) is 94.0 Å². The maximum Gasteiger partial charge on any atom is 0.259 e. The number of carbonyl (C=O) groups excluding carboxylic acids is 1. The molecule has 0 fully saturated rings. The van der Waals surface area contributed by atoms with Gasteiger partial charge < -0.3 is 5.32 Å². The molecule has 1 amide bonds. The van der Waals surface area contributed by atoms with Gasteiger partial charge in [-0.15, -0.1) is 0 Å². The number of benzene rings is 2. The van der Waals surface area contributed by atoms with Crippen LogP contribution in [0.4, 0.5) is 5.69 Å². The van der Waals surface area contributed by atoms with Crippen LogP contribution >= 0.6 is 0 Å². The Morgan fingerprint density at radius 1 is 1.00 bits per heavy atom. The molecule has 0 unspecified atom stereocenters. The fourth-order valence-electron chi connectivity index (χ4n) is 2.97. The van der Waals surface area contributed by atoms with Gasteiger partial charge in [0.25, 0.3) is 5.91 Å². The minimum Gasteiger partial charge on any atom is -0.322 e. The average molecular weight is 418 g/mol. The number of para-hydroxylation sites is 1. The summed E-state index contributed by atoms with van der Waals surface area (Å²) >= 11 is 0. The van der Waals surface area contributed by atoms with Crippen molar-refractivity contribution < 1.29 is 13.2 Å². The molecular weight excluding hydrogens is 400 g/mol. The minimum atomic E-state index is -3.38. The summed E-state index contributed by atoms with van der Waals surface area (Å²) in [6.07, 6.45) is 6.05. The zero-order valence-electron chi connectivity index (χ0n) is 16.1. The van der Waals surface area contributed by atoms with E-state index in [1.165, 1.54) is 12.1 Å². The molecule has 30 heavy (non-hydrogen) atoms. The SMILES string of the molecule is CS(=O)(=O)c1cccc(NC(=O)c2cn(-c3ccccc3)nc2-c2cccnc2)c1. The number of hydrogen-bond donors (Lipinski definition) is 1. The second kappa shape index (κ2) is 7.92. The minimum absolute atomic E-state index is 0.132. The second-order valence-electron chi connectivity index (χ2n) is 6.67. The summed E-state index contributed by atoms with van der Waals surface area (Å²) < 4.78 is 25.2. The lowest BCUT2D eigenvalue weighted by Crippen LogP contribution is -2.12. The molecule has 8 heteroatoms. The summed E-state index contributed by atoms with van der Waals surface area (Å²) in [5.74, 6) is -0.401. The fraction of sp³-hybridized carbons (Fsp3) is 0.0455. The molecule has 4 aromatic rings. The van der Waals surface area contributed by atoms with Crippen LogP contribution in [-0.2, 0) is 9.84 Å². The number of nitrogens with one attached hydrogen (secondary N) is 1. The number of carbonyl (C=O) groups is 1. The van der Waals surface area contributed by atoms with Crippen molar-refractivity contribution in [1.82, 2.24) is 14.8 Å². The van der Waals surface area contributed by atoms with Crippen LogP contribution in [0.1, 0.15) is 10.4 Å². The Kier molecular flexibility index (Phi) is 5.16. The van der Waals surface area contributed by atoms with E-state index in [0.29, 0.717) is 22.5 Å². The number of rotatable bonds is 5. The van der Waals surface area contributed by atoms with E-state index in [1.54, 1.807) is 41.5 Å². The lowest BCUT2D eigenvalue weighted by Gasteiger charge is -2.07. The smallest absolute Gasteiger partial charge is 0.259 e. The summed E-state index contributed by atoms with van der Waals surface area (Å²) in [4.78, 5) is 17.3. The first-order valence-electron chi connectivity index (χ1n) is 9.09. The molecule has 2 heterocycles. The van der Waals surface area contributed by atoms with Gasteiger partial charge in [0, 0.05) is 36.1 Å². The van der Waals surface area contributed by atoms with E-state index in [0.717, 1.165) is 11.9 Å². The molecular formula is C22H18N4O3S. The Morgan fingerprint density at radius 2 is 1.80 bits per heavy atom. The van der Waals surface area contributed by atoms with Gasteiger partial charge in [-0.3, -0.25) is 9.78 Å². The quantitative estimate of drug-likeness (QED) is 0.535. The number of hydrogen-bond acceptors (Lipinski definition) is 5. The zero-order valence-corrected chi connectivity index (χ0v) is 16.9. The van der Waals surface area contributed by atoms with E-state index in [1.807, 2.05) is 36.4 Å². The van der Waals surface area contributed by atoms with Crippen LogP contribution in [0, 0.1) is 0 Å². The van der Waals surface area contributed by atoms with Gasteiger partial charge >= 0.3 is 0 Å². The maximum atomic E-state index is 13.1. The monoisotopic (exact) mass is 418 g/mol. The normalized spacial score (nSPS) is 11.2. The highest BCUT2D eigenvalue weighted by molar-refractivity contribution is 7.90. The number of aromatic nitrogens is 3. The standard InChI is InChI=1S/C22H18N4O3S/c1-30(28,29)19-11-5-8-17(13-19)24-22(27)20-15-26(18-9-3-2-4-10-18)25-21(20)16-7-6-12-23-14-16/h2-15H,1H3,(H,24,27). The van der Waals surface area contributed by atoms with E-state index >= 15 is 0 Å². The molecule has 0 bridgehead atoms. The lowest BCUT2D eigenvalue weighted by molar-refractivity contribution is 0.102. The molecule has 0 radical (unpaired) electrons. The molecule has 1 N–H and O–H groups in total. The summed E-state index contributed by atoms with van der Waals surface area (Å²) in [6.45, 7) is 0. The second-order valence-corrected chi connectivity index (χ2v) is 8.68. The Labute approximate surface area is 173 Å². The van der Waals surface area contributed by atoms with Crippen LogP contribution in [0.2, 0.25) is 0 Å². The Bertz CT molecular complexity index is 1300. The Morgan fingerprint density at radius 3 is 2.50 bits per heavy atom. The van der Waals surface area contributed by atoms with Crippen molar-refractivity contribution in [3.05, 3.63) is 90.9 Å². The number of amides is 1. The van der Waals surface area contributed by atoms with Gasteiger partial charge in [0.05, 0.1) is 16.1 Å². The zero-order chi connectivity index (χ0) is 21.1. The summed E-state index contributed by atoms with van der Waals surface area (Å²) in [6, 6.07) is 19.2. The molecule has 0 aliphatic heterocycles. The van der Waals surface area contributed by atoms with E-state index in [4.69, 9.17) is 0 Å². The third-order valence-corrected chi connectivity index (χ3v) is 5.54. The van der Waals surface area contributed by atoms with Crippen molar-refractivity contribution in [2.75, 3.05) is 11.6 Å². The van der Waals surface area contributed by atoms with Crippen LogP contribution in [-0.4, -0.2) is 35.3 Å². The largest absolute Gasteiger partial charge is 0.322 e. The van der Waals surface area contributed by atoms with Gasteiger partial charge in [-0.1, -0.05) is 24.3 Å². The van der Waals surface area contributed by atoms with E-state index in [2.05, 4.69) is 15.4 Å². The number of anilines is 1. The first-order chi connectivity index (χ1) is 14.4. The number of pyridine rings is 1. The van der Waals surface area contributed by atoms with Gasteiger partial charge in [0.15, 0.2) is 9.84 Å². The molecule has 2 aromatic heterocycles. The van der Waals surface area contributed by atoms with Crippen LogP contribution in [0.15, 0.2) is 90.2 Å². The maximum absolute atomic E-state index is 13.1. The highest BCUT2D eigenvalue weighted by Crippen LogP contribution is 2.24. The van der Waals surface area contributed by atoms with Crippen LogP contribution < -0.4 is 5.32 Å². The van der Waals surface area contributed by atoms with Crippen molar-refractivity contribution in [3.8, 4) is 16.9 Å². The molecule has 2 aromatic carbocycles. The van der Waals surface area contributed by atoms with Crippen molar-refractivity contribution in [2.24, 2.45) is 0 Å². The summed E-state index contributed by atoms with van der Waals surface area (Å²) in [5.41, 5.74) is 2.70. The first kappa shape index (κ1) is 19.5. The van der Waals surface area contributed by atoms with Gasteiger partial charge in [-0.05, 0) is 42.5 Å². The predicted molar refractivity (Wildman–Crippen MR) is 114 cm³/mol. The van der Waals surface area contributed by atoms with Crippen LogP contribution in [0.3, 0.4) is 0 Å². The van der Waals surface area contributed by atoms with Crippen LogP contribution in [0.25, 0.3) is 16.9 Å². The third-order valence-electron chi connectivity index (χ3n) is 4.43. The number of nitrogens with zero attached hydrogens (tertiary/aromatic N) is 3. The third kappa shape index (κ3) is 4.13. The fourth-order valence-corrected chi connectivity index (χ4v) is 3.64. The van der Waals surface area contributed by atoms with Crippen LogP contribution in [0.5, 0.6) is 0 Å². The van der Waals surface area contributed by atoms with E-state index in [9.17, 15) is 13.2 Å². The van der Waals surface area contributed by atoms with Gasteiger partial charge in [-0.25, -0.2) is 13.1 Å². The molecule has 0 aliphatic carbocycles. The molecule has 7 nitrogen and oxygen atoms in total. The van der Waals surface area contributed by atoms with Gasteiger partial charge in [-0.2, -0.15) is 5.10 Å². The van der Waals surface area contributed by atoms with Gasteiger partial charge in [0.1, 0.15) is 5.69 Å².